The Bertz CT molecular complexity index is 273. The van der Waals surface area contributed by atoms with Crippen LogP contribution in [0.2, 0.25) is 0 Å². The van der Waals surface area contributed by atoms with Gasteiger partial charge in [-0.05, 0) is 12.6 Å². The van der Waals surface area contributed by atoms with Gasteiger partial charge in [-0.1, -0.05) is 30.3 Å². The molecule has 0 radical (unpaired) electrons. The van der Waals surface area contributed by atoms with Crippen molar-refractivity contribution in [2.75, 3.05) is 20.1 Å². The van der Waals surface area contributed by atoms with Gasteiger partial charge in [-0.3, -0.25) is 0 Å². The van der Waals surface area contributed by atoms with Gasteiger partial charge in [0.2, 0.25) is 0 Å². The maximum absolute atomic E-state index is 9.77. The number of aliphatic hydroxyl groups is 1. The van der Waals surface area contributed by atoms with Gasteiger partial charge in [-0.25, -0.2) is 0 Å². The van der Waals surface area contributed by atoms with Gasteiger partial charge in [0.1, 0.15) is 0 Å². The molecular formula is C11H15NO. The molecule has 1 aliphatic rings. The highest BCUT2D eigenvalue weighted by atomic mass is 16.3. The molecule has 1 fully saturated rings. The van der Waals surface area contributed by atoms with E-state index in [0.717, 1.165) is 13.1 Å². The minimum Gasteiger partial charge on any atom is -0.391 e. The first kappa shape index (κ1) is 8.73. The third-order valence-corrected chi connectivity index (χ3v) is 2.70. The first-order valence-corrected chi connectivity index (χ1v) is 4.69. The van der Waals surface area contributed by atoms with Crippen molar-refractivity contribution >= 4 is 0 Å². The highest BCUT2D eigenvalue weighted by Crippen LogP contribution is 2.26. The molecule has 2 heteroatoms. The van der Waals surface area contributed by atoms with Crippen molar-refractivity contribution in [3.63, 3.8) is 0 Å². The zero-order chi connectivity index (χ0) is 9.26. The monoisotopic (exact) mass is 177 g/mol. The molecule has 0 bridgehead atoms. The van der Waals surface area contributed by atoms with Crippen LogP contribution < -0.4 is 0 Å². The van der Waals surface area contributed by atoms with Crippen molar-refractivity contribution in [1.29, 1.82) is 0 Å². The van der Waals surface area contributed by atoms with Crippen molar-refractivity contribution < 1.29 is 5.11 Å². The minimum absolute atomic E-state index is 0.201. The lowest BCUT2D eigenvalue weighted by Gasteiger charge is -2.13. The number of aliphatic hydroxyl groups excluding tert-OH is 1. The topological polar surface area (TPSA) is 23.5 Å². The summed E-state index contributed by atoms with van der Waals surface area (Å²) < 4.78 is 0. The number of hydrogen-bond acceptors (Lipinski definition) is 2. The smallest absolute Gasteiger partial charge is 0.0747 e. The Hall–Kier alpha value is -0.860. The second-order valence-electron chi connectivity index (χ2n) is 3.81. The molecule has 1 saturated heterocycles. The van der Waals surface area contributed by atoms with Crippen LogP contribution in [0, 0.1) is 0 Å². The second kappa shape index (κ2) is 3.48. The fourth-order valence-corrected chi connectivity index (χ4v) is 2.01. The number of β-amino-alcohol motifs (C(OH)–C–C–N with tert-alkyl or cyclic N) is 1. The molecule has 2 unspecified atom stereocenters. The number of likely N-dealkylation sites (tertiary alicyclic amines) is 1. The van der Waals surface area contributed by atoms with E-state index < -0.39 is 0 Å². The standard InChI is InChI=1S/C11H15NO/c1-12-7-10(11(13)8-12)9-5-3-2-4-6-9/h2-6,10-11,13H,7-8H2,1H3. The molecule has 2 rings (SSSR count). The summed E-state index contributed by atoms with van der Waals surface area (Å²) in [6.45, 7) is 1.75. The lowest BCUT2D eigenvalue weighted by molar-refractivity contribution is 0.168. The Morgan fingerprint density at radius 2 is 1.92 bits per heavy atom. The van der Waals surface area contributed by atoms with Crippen LogP contribution in [0.5, 0.6) is 0 Å². The summed E-state index contributed by atoms with van der Waals surface area (Å²) in [6, 6.07) is 10.2. The van der Waals surface area contributed by atoms with Crippen LogP contribution in [0.3, 0.4) is 0 Å². The van der Waals surface area contributed by atoms with Crippen LogP contribution in [-0.4, -0.2) is 36.2 Å². The zero-order valence-corrected chi connectivity index (χ0v) is 7.85. The molecule has 0 aliphatic carbocycles. The molecule has 13 heavy (non-hydrogen) atoms. The van der Waals surface area contributed by atoms with Crippen LogP contribution in [0.1, 0.15) is 11.5 Å². The van der Waals surface area contributed by atoms with Gasteiger partial charge < -0.3 is 10.0 Å². The molecule has 0 aromatic heterocycles. The average molecular weight is 177 g/mol. The van der Waals surface area contributed by atoms with E-state index >= 15 is 0 Å². The molecule has 2 atom stereocenters. The van der Waals surface area contributed by atoms with E-state index in [2.05, 4.69) is 17.0 Å². The predicted molar refractivity (Wildman–Crippen MR) is 52.7 cm³/mol. The number of rotatable bonds is 1. The highest BCUT2D eigenvalue weighted by Gasteiger charge is 2.29. The maximum atomic E-state index is 9.77. The molecule has 1 aliphatic heterocycles. The normalized spacial score (nSPS) is 29.4. The van der Waals surface area contributed by atoms with Gasteiger partial charge in [0.15, 0.2) is 0 Å². The largest absolute Gasteiger partial charge is 0.391 e. The SMILES string of the molecule is CN1CC(O)C(c2ccccc2)C1. The van der Waals surface area contributed by atoms with Gasteiger partial charge >= 0.3 is 0 Å². The quantitative estimate of drug-likeness (QED) is 0.693. The minimum atomic E-state index is -0.201. The molecule has 1 aromatic rings. The first-order valence-electron chi connectivity index (χ1n) is 4.69. The fourth-order valence-electron chi connectivity index (χ4n) is 2.01. The van der Waals surface area contributed by atoms with Crippen LogP contribution in [-0.2, 0) is 0 Å². The Morgan fingerprint density at radius 3 is 2.46 bits per heavy atom. The molecule has 0 saturated carbocycles. The average Bonchev–Trinajstić information content (AvgIpc) is 2.47. The zero-order valence-electron chi connectivity index (χ0n) is 7.85. The number of nitrogens with zero attached hydrogens (tertiary/aromatic N) is 1. The molecule has 1 aromatic carbocycles. The summed E-state index contributed by atoms with van der Waals surface area (Å²) in [5.41, 5.74) is 1.25. The van der Waals surface area contributed by atoms with Gasteiger partial charge in [0, 0.05) is 19.0 Å². The summed E-state index contributed by atoms with van der Waals surface area (Å²) >= 11 is 0. The van der Waals surface area contributed by atoms with Crippen molar-refractivity contribution in [3.05, 3.63) is 35.9 Å². The fraction of sp³-hybridized carbons (Fsp3) is 0.455. The lowest BCUT2D eigenvalue weighted by atomic mass is 9.96. The molecule has 0 spiro atoms. The van der Waals surface area contributed by atoms with E-state index in [0.29, 0.717) is 5.92 Å². The van der Waals surface area contributed by atoms with Crippen LogP contribution in [0.15, 0.2) is 30.3 Å². The van der Waals surface area contributed by atoms with Gasteiger partial charge in [0.25, 0.3) is 0 Å². The Morgan fingerprint density at radius 1 is 1.23 bits per heavy atom. The van der Waals surface area contributed by atoms with Crippen molar-refractivity contribution in [2.45, 2.75) is 12.0 Å². The van der Waals surface area contributed by atoms with Crippen LogP contribution in [0.25, 0.3) is 0 Å². The summed E-state index contributed by atoms with van der Waals surface area (Å²) in [7, 11) is 2.05. The summed E-state index contributed by atoms with van der Waals surface area (Å²) in [4.78, 5) is 2.17. The van der Waals surface area contributed by atoms with E-state index in [1.807, 2.05) is 25.2 Å². The van der Waals surface area contributed by atoms with Crippen LogP contribution in [0.4, 0.5) is 0 Å². The summed E-state index contributed by atoms with van der Waals surface area (Å²) in [5.74, 6) is 0.297. The molecule has 1 N–H and O–H groups in total. The molecule has 0 amide bonds. The first-order chi connectivity index (χ1) is 6.27. The second-order valence-corrected chi connectivity index (χ2v) is 3.81. The van der Waals surface area contributed by atoms with Crippen molar-refractivity contribution in [1.82, 2.24) is 4.90 Å². The van der Waals surface area contributed by atoms with Gasteiger partial charge in [-0.2, -0.15) is 0 Å². The van der Waals surface area contributed by atoms with Crippen LogP contribution >= 0.6 is 0 Å². The third kappa shape index (κ3) is 1.74. The van der Waals surface area contributed by atoms with E-state index in [1.165, 1.54) is 5.56 Å². The lowest BCUT2D eigenvalue weighted by Crippen LogP contribution is -2.16. The summed E-state index contributed by atoms with van der Waals surface area (Å²) in [6.07, 6.45) is -0.201. The number of hydrogen-bond donors (Lipinski definition) is 1. The van der Waals surface area contributed by atoms with E-state index in [1.54, 1.807) is 0 Å². The molecule has 2 nitrogen and oxygen atoms in total. The van der Waals surface area contributed by atoms with Gasteiger partial charge in [0.05, 0.1) is 6.10 Å². The third-order valence-electron chi connectivity index (χ3n) is 2.70. The predicted octanol–water partition coefficient (Wildman–Crippen LogP) is 1.08. The van der Waals surface area contributed by atoms with E-state index in [-0.39, 0.29) is 6.10 Å². The van der Waals surface area contributed by atoms with Crippen molar-refractivity contribution in [2.24, 2.45) is 0 Å². The number of benzene rings is 1. The maximum Gasteiger partial charge on any atom is 0.0747 e. The Kier molecular flexibility index (Phi) is 2.34. The Labute approximate surface area is 78.8 Å². The highest BCUT2D eigenvalue weighted by molar-refractivity contribution is 5.22. The molecule has 70 valence electrons. The summed E-state index contributed by atoms with van der Waals surface area (Å²) in [5, 5.41) is 9.77. The Balaban J connectivity index is 2.18. The van der Waals surface area contributed by atoms with Gasteiger partial charge in [-0.15, -0.1) is 0 Å². The molecule has 1 heterocycles. The van der Waals surface area contributed by atoms with E-state index in [4.69, 9.17) is 0 Å². The van der Waals surface area contributed by atoms with E-state index in [9.17, 15) is 5.11 Å². The van der Waals surface area contributed by atoms with Crippen molar-refractivity contribution in [3.8, 4) is 0 Å². The number of likely N-dealkylation sites (N-methyl/N-ethyl adjacent to an activating group) is 1. The molecular weight excluding hydrogens is 162 g/mol.